The number of hydrogen-bond donors (Lipinski definition) is 2. The van der Waals surface area contributed by atoms with Crippen LogP contribution in [0.3, 0.4) is 0 Å². The van der Waals surface area contributed by atoms with E-state index in [2.05, 4.69) is 25.2 Å². The summed E-state index contributed by atoms with van der Waals surface area (Å²) < 4.78 is 0. The van der Waals surface area contributed by atoms with Gasteiger partial charge in [-0.05, 0) is 32.9 Å². The molecule has 19 heavy (non-hydrogen) atoms. The Morgan fingerprint density at radius 3 is 1.84 bits per heavy atom. The van der Waals surface area contributed by atoms with E-state index in [1.807, 2.05) is 24.3 Å². The van der Waals surface area contributed by atoms with Crippen LogP contribution in [0.15, 0.2) is 41.6 Å². The third-order valence-electron chi connectivity index (χ3n) is 3.33. The van der Waals surface area contributed by atoms with Gasteiger partial charge < -0.3 is 10.2 Å². The maximum atomic E-state index is 10.5. The van der Waals surface area contributed by atoms with Crippen LogP contribution in [0, 0.1) is 0 Å². The minimum Gasteiger partial charge on any atom is -0.386 e. The second-order valence-corrected chi connectivity index (χ2v) is 11.1. The minimum absolute atomic E-state index is 0.922. The van der Waals surface area contributed by atoms with Crippen molar-refractivity contribution in [2.75, 3.05) is 0 Å². The topological polar surface area (TPSA) is 40.5 Å². The zero-order chi connectivity index (χ0) is 14.9. The average molecular weight is 278 g/mol. The molecule has 1 aromatic rings. The molecule has 3 heteroatoms. The number of hydrogen-bond acceptors (Lipinski definition) is 2. The Morgan fingerprint density at radius 1 is 1.00 bits per heavy atom. The van der Waals surface area contributed by atoms with Gasteiger partial charge in [0, 0.05) is 0 Å². The van der Waals surface area contributed by atoms with Gasteiger partial charge in [0.1, 0.15) is 8.07 Å². The van der Waals surface area contributed by atoms with E-state index in [1.165, 1.54) is 5.19 Å². The largest absolute Gasteiger partial charge is 0.386 e. The van der Waals surface area contributed by atoms with E-state index in [0.717, 1.165) is 5.20 Å². The fraction of sp³-hybridized carbons (Fsp3) is 0.500. The van der Waals surface area contributed by atoms with Gasteiger partial charge >= 0.3 is 0 Å². The third-order valence-corrected chi connectivity index (χ3v) is 7.21. The fourth-order valence-electron chi connectivity index (χ4n) is 2.49. The molecule has 0 spiro atoms. The van der Waals surface area contributed by atoms with E-state index >= 15 is 0 Å². The molecule has 1 aromatic carbocycles. The summed E-state index contributed by atoms with van der Waals surface area (Å²) in [6.45, 7) is 11.5. The molecule has 0 saturated carbocycles. The second-order valence-electron chi connectivity index (χ2n) is 6.76. The van der Waals surface area contributed by atoms with Crippen LogP contribution in [0.5, 0.6) is 0 Å². The van der Waals surface area contributed by atoms with Crippen molar-refractivity contribution >= 4 is 13.3 Å². The summed E-state index contributed by atoms with van der Waals surface area (Å²) in [6, 6.07) is 10.3. The van der Waals surface area contributed by atoms with Gasteiger partial charge in [-0.1, -0.05) is 54.7 Å². The molecule has 0 radical (unpaired) electrons. The van der Waals surface area contributed by atoms with Crippen LogP contribution in [0.4, 0.5) is 0 Å². The smallest absolute Gasteiger partial charge is 0.110 e. The molecule has 2 N–H and O–H groups in total. The molecule has 0 atom stereocenters. The maximum absolute atomic E-state index is 10.5. The zero-order valence-corrected chi connectivity index (χ0v) is 13.9. The van der Waals surface area contributed by atoms with Crippen LogP contribution >= 0.6 is 0 Å². The Bertz CT molecular complexity index is 448. The van der Waals surface area contributed by atoms with Crippen LogP contribution < -0.4 is 5.19 Å². The van der Waals surface area contributed by atoms with Crippen LogP contribution in [0.1, 0.15) is 27.7 Å². The second kappa shape index (κ2) is 5.23. The molecule has 0 fully saturated rings. The summed E-state index contributed by atoms with van der Waals surface area (Å²) >= 11 is 0. The lowest BCUT2D eigenvalue weighted by molar-refractivity contribution is 0.110. The van der Waals surface area contributed by atoms with Crippen LogP contribution in [-0.4, -0.2) is 29.5 Å². The summed E-state index contributed by atoms with van der Waals surface area (Å²) in [7, 11) is -2.00. The molecule has 0 aromatic heterocycles. The Kier molecular flexibility index (Phi) is 4.45. The fourth-order valence-corrected chi connectivity index (χ4v) is 6.07. The molecular weight excluding hydrogens is 252 g/mol. The molecule has 0 heterocycles. The molecule has 0 saturated heterocycles. The average Bonchev–Trinajstić information content (AvgIpc) is 2.24. The Balaban J connectivity index is 3.38. The van der Waals surface area contributed by atoms with Crippen molar-refractivity contribution in [1.82, 2.24) is 0 Å². The standard InChI is InChI=1S/C16H26O2Si/c1-15(2,17)12-14(16(3,4)18)19(5,6)13-10-8-7-9-11-13/h7-12,17-18H,1-6H3/b14-12+. The summed E-state index contributed by atoms with van der Waals surface area (Å²) in [6.07, 6.45) is 1.83. The predicted molar refractivity (Wildman–Crippen MR) is 84.2 cm³/mol. The Morgan fingerprint density at radius 2 is 1.47 bits per heavy atom. The summed E-state index contributed by atoms with van der Waals surface area (Å²) in [5, 5.41) is 22.8. The molecule has 2 nitrogen and oxygen atoms in total. The summed E-state index contributed by atoms with van der Waals surface area (Å²) in [5.41, 5.74) is -1.85. The Hall–Kier alpha value is -0.903. The first-order valence-electron chi connectivity index (χ1n) is 6.69. The van der Waals surface area contributed by atoms with Crippen molar-refractivity contribution in [1.29, 1.82) is 0 Å². The van der Waals surface area contributed by atoms with Gasteiger partial charge in [0.25, 0.3) is 0 Å². The molecule has 0 bridgehead atoms. The molecule has 0 aliphatic heterocycles. The molecule has 106 valence electrons. The quantitative estimate of drug-likeness (QED) is 0.831. The highest BCUT2D eigenvalue weighted by atomic mass is 28.3. The normalized spacial score (nSPS) is 14.6. The van der Waals surface area contributed by atoms with Gasteiger partial charge in [-0.25, -0.2) is 0 Å². The Labute approximate surface area is 117 Å². The highest BCUT2D eigenvalue weighted by Crippen LogP contribution is 2.28. The maximum Gasteiger partial charge on any atom is 0.110 e. The lowest BCUT2D eigenvalue weighted by Gasteiger charge is -2.36. The number of aliphatic hydroxyl groups is 2. The molecule has 0 unspecified atom stereocenters. The molecule has 0 aliphatic rings. The van der Waals surface area contributed by atoms with Crippen LogP contribution in [0.25, 0.3) is 0 Å². The van der Waals surface area contributed by atoms with E-state index < -0.39 is 19.3 Å². The van der Waals surface area contributed by atoms with E-state index in [-0.39, 0.29) is 0 Å². The lowest BCUT2D eigenvalue weighted by Crippen LogP contribution is -2.51. The van der Waals surface area contributed by atoms with Gasteiger partial charge in [0.2, 0.25) is 0 Å². The van der Waals surface area contributed by atoms with Crippen molar-refractivity contribution in [3.05, 3.63) is 41.6 Å². The summed E-state index contributed by atoms with van der Waals surface area (Å²) in [4.78, 5) is 0. The van der Waals surface area contributed by atoms with Crippen LogP contribution in [0.2, 0.25) is 13.1 Å². The molecule has 1 rings (SSSR count). The zero-order valence-electron chi connectivity index (χ0n) is 12.9. The SMILES string of the molecule is CC(C)(O)/C=C(\C(C)(C)O)[Si](C)(C)c1ccccc1. The van der Waals surface area contributed by atoms with E-state index in [4.69, 9.17) is 0 Å². The van der Waals surface area contributed by atoms with Gasteiger partial charge in [-0.3, -0.25) is 0 Å². The highest BCUT2D eigenvalue weighted by molar-refractivity contribution is 6.96. The van der Waals surface area contributed by atoms with Crippen molar-refractivity contribution in [3.8, 4) is 0 Å². The first-order valence-corrected chi connectivity index (χ1v) is 9.69. The van der Waals surface area contributed by atoms with Gasteiger partial charge in [0.15, 0.2) is 0 Å². The van der Waals surface area contributed by atoms with E-state index in [9.17, 15) is 10.2 Å². The predicted octanol–water partition coefficient (Wildman–Crippen LogP) is 2.61. The molecule has 0 amide bonds. The van der Waals surface area contributed by atoms with Crippen molar-refractivity contribution in [3.63, 3.8) is 0 Å². The molecular formula is C16H26O2Si. The van der Waals surface area contributed by atoms with E-state index in [0.29, 0.717) is 0 Å². The minimum atomic E-state index is -2.00. The van der Waals surface area contributed by atoms with Crippen molar-refractivity contribution < 1.29 is 10.2 Å². The third kappa shape index (κ3) is 4.30. The van der Waals surface area contributed by atoms with Gasteiger partial charge in [-0.2, -0.15) is 0 Å². The highest BCUT2D eigenvalue weighted by Gasteiger charge is 2.37. The lowest BCUT2D eigenvalue weighted by atomic mass is 10.0. The van der Waals surface area contributed by atoms with Gasteiger partial charge in [-0.15, -0.1) is 0 Å². The van der Waals surface area contributed by atoms with Gasteiger partial charge in [0.05, 0.1) is 11.2 Å². The number of benzene rings is 1. The summed E-state index contributed by atoms with van der Waals surface area (Å²) in [5.74, 6) is 0. The first-order chi connectivity index (χ1) is 8.44. The number of rotatable bonds is 4. The van der Waals surface area contributed by atoms with Crippen LogP contribution in [-0.2, 0) is 0 Å². The van der Waals surface area contributed by atoms with Crippen molar-refractivity contribution in [2.45, 2.75) is 52.0 Å². The van der Waals surface area contributed by atoms with E-state index in [1.54, 1.807) is 27.7 Å². The monoisotopic (exact) mass is 278 g/mol. The first kappa shape index (κ1) is 16.2. The molecule has 0 aliphatic carbocycles. The van der Waals surface area contributed by atoms with Crippen molar-refractivity contribution in [2.24, 2.45) is 0 Å².